The van der Waals surface area contributed by atoms with Gasteiger partial charge in [0.25, 0.3) is 0 Å². The fourth-order valence-electron chi connectivity index (χ4n) is 5.93. The monoisotopic (exact) mass is 623 g/mol. The molecule has 0 aromatic heterocycles. The van der Waals surface area contributed by atoms with Crippen molar-refractivity contribution >= 4 is 21.7 Å². The van der Waals surface area contributed by atoms with Gasteiger partial charge in [-0.15, -0.1) is 0 Å². The summed E-state index contributed by atoms with van der Waals surface area (Å²) in [7, 11) is -4.41. The Morgan fingerprint density at radius 1 is 0.881 bits per heavy atom. The molecule has 0 bridgehead atoms. The molecular formula is C28H28F7NO5S. The zero-order valence-corrected chi connectivity index (χ0v) is 23.1. The van der Waals surface area contributed by atoms with Crippen molar-refractivity contribution in [2.75, 3.05) is 13.1 Å². The molecule has 1 atom stereocenters. The van der Waals surface area contributed by atoms with Crippen molar-refractivity contribution in [3.05, 3.63) is 65.2 Å². The molecule has 1 heterocycles. The summed E-state index contributed by atoms with van der Waals surface area (Å²) in [6.45, 7) is 1.11. The molecule has 1 unspecified atom stereocenters. The van der Waals surface area contributed by atoms with E-state index >= 15 is 0 Å². The molecule has 1 N–H and O–H groups in total. The second kappa shape index (κ2) is 10.8. The van der Waals surface area contributed by atoms with E-state index in [0.717, 1.165) is 12.1 Å². The number of benzene rings is 2. The molecular weight excluding hydrogens is 595 g/mol. The van der Waals surface area contributed by atoms with Gasteiger partial charge in [0.15, 0.2) is 9.84 Å². The molecule has 0 radical (unpaired) electrons. The van der Waals surface area contributed by atoms with Crippen LogP contribution in [0.5, 0.6) is 0 Å². The number of carbonyl (C=O) groups is 2. The number of amides is 1. The number of sulfone groups is 1. The van der Waals surface area contributed by atoms with E-state index in [0.29, 0.717) is 5.56 Å². The van der Waals surface area contributed by atoms with Crippen LogP contribution in [0.4, 0.5) is 30.7 Å². The number of aryl methyl sites for hydroxylation is 1. The SMILES string of the molecule is Cc1cccc(S(=O)(=O)C2(c3ccc(C(F)(C(F)(F)F)C(F)(F)F)cc3)CCN(C(=O)[C@H]3CC[C@H](C(=O)O)CC3)C2)c1. The summed E-state index contributed by atoms with van der Waals surface area (Å²) < 4.78 is 121. The highest BCUT2D eigenvalue weighted by Gasteiger charge is 2.73. The minimum atomic E-state index is -6.34. The fraction of sp³-hybridized carbons (Fsp3) is 0.500. The van der Waals surface area contributed by atoms with Crippen LogP contribution >= 0.6 is 0 Å². The van der Waals surface area contributed by atoms with E-state index in [4.69, 9.17) is 0 Å². The fourth-order valence-corrected chi connectivity index (χ4v) is 8.11. The quantitative estimate of drug-likeness (QED) is 0.394. The van der Waals surface area contributed by atoms with Gasteiger partial charge in [-0.3, -0.25) is 9.59 Å². The molecule has 0 spiro atoms. The van der Waals surface area contributed by atoms with Crippen molar-refractivity contribution in [3.8, 4) is 0 Å². The first-order valence-electron chi connectivity index (χ1n) is 13.1. The van der Waals surface area contributed by atoms with Crippen LogP contribution in [0.2, 0.25) is 0 Å². The zero-order valence-electron chi connectivity index (χ0n) is 22.3. The lowest BCUT2D eigenvalue weighted by atomic mass is 9.81. The van der Waals surface area contributed by atoms with Crippen molar-refractivity contribution in [1.29, 1.82) is 0 Å². The van der Waals surface area contributed by atoms with Crippen LogP contribution in [0.25, 0.3) is 0 Å². The average molecular weight is 624 g/mol. The van der Waals surface area contributed by atoms with E-state index in [1.54, 1.807) is 13.0 Å². The number of aliphatic carboxylic acids is 1. The van der Waals surface area contributed by atoms with E-state index in [1.165, 1.54) is 23.1 Å². The second-order valence-electron chi connectivity index (χ2n) is 10.9. The molecule has 1 aliphatic carbocycles. The molecule has 1 amide bonds. The molecule has 1 saturated heterocycles. The predicted octanol–water partition coefficient (Wildman–Crippen LogP) is 6.08. The highest BCUT2D eigenvalue weighted by atomic mass is 32.2. The maximum absolute atomic E-state index is 14.7. The van der Waals surface area contributed by atoms with Crippen LogP contribution in [-0.2, 0) is 29.8 Å². The number of carboxylic acid groups (broad SMARTS) is 1. The smallest absolute Gasteiger partial charge is 0.435 e. The number of likely N-dealkylation sites (tertiary alicyclic amines) is 1. The van der Waals surface area contributed by atoms with Gasteiger partial charge in [0.05, 0.1) is 10.8 Å². The summed E-state index contributed by atoms with van der Waals surface area (Å²) in [6.07, 6.45) is -11.8. The molecule has 1 saturated carbocycles. The number of hydrogen-bond acceptors (Lipinski definition) is 4. The molecule has 2 fully saturated rings. The number of rotatable bonds is 6. The van der Waals surface area contributed by atoms with Crippen LogP contribution in [0, 0.1) is 18.8 Å². The Bertz CT molecular complexity index is 1430. The third-order valence-corrected chi connectivity index (χ3v) is 10.8. The predicted molar refractivity (Wildman–Crippen MR) is 136 cm³/mol. The first-order chi connectivity index (χ1) is 19.3. The van der Waals surface area contributed by atoms with Crippen LogP contribution < -0.4 is 0 Å². The van der Waals surface area contributed by atoms with Crippen molar-refractivity contribution in [2.45, 2.75) is 66.7 Å². The van der Waals surface area contributed by atoms with Gasteiger partial charge >= 0.3 is 24.0 Å². The molecule has 14 heteroatoms. The van der Waals surface area contributed by atoms with Gasteiger partial charge < -0.3 is 10.0 Å². The van der Waals surface area contributed by atoms with Gasteiger partial charge in [-0.05, 0) is 62.3 Å². The largest absolute Gasteiger partial charge is 0.481 e. The number of halogens is 7. The van der Waals surface area contributed by atoms with Crippen molar-refractivity contribution in [2.24, 2.45) is 11.8 Å². The van der Waals surface area contributed by atoms with Crippen molar-refractivity contribution in [1.82, 2.24) is 4.90 Å². The number of alkyl halides is 7. The lowest BCUT2D eigenvalue weighted by molar-refractivity contribution is -0.348. The maximum Gasteiger partial charge on any atom is 0.435 e. The summed E-state index contributed by atoms with van der Waals surface area (Å²) >= 11 is 0. The summed E-state index contributed by atoms with van der Waals surface area (Å²) in [4.78, 5) is 25.8. The Balaban J connectivity index is 1.75. The number of carboxylic acids is 1. The normalized spacial score (nSPS) is 24.0. The van der Waals surface area contributed by atoms with Gasteiger partial charge in [0.1, 0.15) is 4.75 Å². The van der Waals surface area contributed by atoms with Gasteiger partial charge in [0, 0.05) is 24.6 Å². The molecule has 230 valence electrons. The molecule has 42 heavy (non-hydrogen) atoms. The molecule has 2 aromatic rings. The zero-order chi connectivity index (χ0) is 31.3. The van der Waals surface area contributed by atoms with E-state index in [-0.39, 0.29) is 61.2 Å². The van der Waals surface area contributed by atoms with Gasteiger partial charge in [-0.1, -0.05) is 36.4 Å². The average Bonchev–Trinajstić information content (AvgIpc) is 3.38. The number of nitrogens with zero attached hydrogens (tertiary/aromatic N) is 1. The summed E-state index contributed by atoms with van der Waals surface area (Å²) in [6, 6.07) is 7.80. The van der Waals surface area contributed by atoms with Crippen LogP contribution in [0.3, 0.4) is 0 Å². The highest BCUT2D eigenvalue weighted by molar-refractivity contribution is 7.92. The minimum Gasteiger partial charge on any atom is -0.481 e. The Morgan fingerprint density at radius 2 is 1.43 bits per heavy atom. The third-order valence-electron chi connectivity index (χ3n) is 8.37. The number of carbonyl (C=O) groups excluding carboxylic acids is 1. The van der Waals surface area contributed by atoms with Gasteiger partial charge in [-0.2, -0.15) is 26.3 Å². The second-order valence-corrected chi connectivity index (χ2v) is 13.2. The van der Waals surface area contributed by atoms with Crippen LogP contribution in [0.1, 0.15) is 48.8 Å². The lowest BCUT2D eigenvalue weighted by Gasteiger charge is -2.33. The van der Waals surface area contributed by atoms with E-state index in [9.17, 15) is 53.8 Å². The Labute approximate surface area is 237 Å². The Hall–Kier alpha value is -3.16. The van der Waals surface area contributed by atoms with E-state index in [1.807, 2.05) is 0 Å². The van der Waals surface area contributed by atoms with Crippen molar-refractivity contribution < 1.29 is 53.8 Å². The van der Waals surface area contributed by atoms with E-state index in [2.05, 4.69) is 0 Å². The van der Waals surface area contributed by atoms with Crippen LogP contribution in [-0.4, -0.2) is 55.7 Å². The topological polar surface area (TPSA) is 91.8 Å². The molecule has 6 nitrogen and oxygen atoms in total. The molecule has 2 aromatic carbocycles. The maximum atomic E-state index is 14.7. The standard InChI is InChI=1S/C28H28F7NO5S/c1-17-3-2-4-22(15-17)42(40,41)25(13-14-36(16-25)23(37)18-5-7-19(8-6-18)24(38)39)20-9-11-21(12-10-20)26(29,27(30,31)32)28(33,34)35/h2-4,9-12,15,18-19H,5-8,13-14,16H2,1H3,(H,38,39)/t18-,19-,25?. The highest BCUT2D eigenvalue weighted by Crippen LogP contribution is 2.54. The first-order valence-corrected chi connectivity index (χ1v) is 14.6. The van der Waals surface area contributed by atoms with Gasteiger partial charge in [-0.25, -0.2) is 12.8 Å². The van der Waals surface area contributed by atoms with Crippen LogP contribution in [0.15, 0.2) is 53.4 Å². The minimum absolute atomic E-state index is 0.0807. The summed E-state index contributed by atoms with van der Waals surface area (Å²) in [5.41, 5.74) is -7.06. The summed E-state index contributed by atoms with van der Waals surface area (Å²) in [5.74, 6) is -2.54. The Morgan fingerprint density at radius 3 is 1.93 bits per heavy atom. The first kappa shape index (κ1) is 31.8. The molecule has 1 aliphatic heterocycles. The molecule has 4 rings (SSSR count). The number of hydrogen-bond donors (Lipinski definition) is 1. The van der Waals surface area contributed by atoms with Crippen molar-refractivity contribution in [3.63, 3.8) is 0 Å². The third kappa shape index (κ3) is 5.26. The van der Waals surface area contributed by atoms with Gasteiger partial charge in [0.2, 0.25) is 5.91 Å². The summed E-state index contributed by atoms with van der Waals surface area (Å²) in [5, 5.41) is 9.24. The Kier molecular flexibility index (Phi) is 8.20. The molecule has 2 aliphatic rings. The van der Waals surface area contributed by atoms with E-state index < -0.39 is 68.4 Å². The lowest BCUT2D eigenvalue weighted by Crippen LogP contribution is -2.50.